The zero-order chi connectivity index (χ0) is 37.4. The van der Waals surface area contributed by atoms with Gasteiger partial charge in [0.25, 0.3) is 5.82 Å². The van der Waals surface area contributed by atoms with E-state index in [1.165, 1.54) is 263 Å². The van der Waals surface area contributed by atoms with Crippen LogP contribution in [0.15, 0.2) is 12.4 Å². The predicted octanol–water partition coefficient (Wildman–Crippen LogP) is 18.0. The van der Waals surface area contributed by atoms with E-state index in [0.29, 0.717) is 12.0 Å². The number of aromatic amines is 1. The molecular weight excluding hydrogens is 629 g/mol. The third-order valence-corrected chi connectivity index (χ3v) is 12.4. The first kappa shape index (κ1) is 49.2. The highest BCUT2D eigenvalue weighted by Gasteiger charge is 2.25. The maximum Gasteiger partial charge on any atom is 0.257 e. The Hall–Kier alpha value is -0.790. The molecule has 0 aliphatic carbocycles. The van der Waals surface area contributed by atoms with Crippen molar-refractivity contribution in [3.63, 3.8) is 0 Å². The molecule has 0 aliphatic rings. The maximum atomic E-state index is 3.79. The highest BCUT2D eigenvalue weighted by molar-refractivity contribution is 4.90. The highest BCUT2D eigenvalue weighted by Crippen LogP contribution is 2.28. The number of H-pyrrole nitrogens is 1. The summed E-state index contributed by atoms with van der Waals surface area (Å²) in [6, 6.07) is 0.616. The number of aromatic nitrogens is 2. The summed E-state index contributed by atoms with van der Waals surface area (Å²) < 4.78 is 2.66. The molecule has 1 aromatic rings. The monoisotopic (exact) mass is 728 g/mol. The highest BCUT2D eigenvalue weighted by atomic mass is 15.1. The Morgan fingerprint density at radius 1 is 0.365 bits per heavy atom. The van der Waals surface area contributed by atoms with E-state index in [1.807, 2.05) is 0 Å². The van der Waals surface area contributed by atoms with Crippen LogP contribution in [0.3, 0.4) is 0 Å². The standard InChI is InChI=1S/C50H98N2/c1-5-8-11-14-17-20-23-25-27-30-33-36-39-42-45-49(44-41-38-35-32-29-26-24-21-18-15-12-9-6-2)50-51-46-47-52(50)48(4)43-40-37-34-31-28-22-19-16-13-10-7-3/h46-49H,5-45H2,1-4H3/p+1. The molecule has 0 saturated heterocycles. The fourth-order valence-electron chi connectivity index (χ4n) is 8.73. The maximum absolute atomic E-state index is 3.79. The Morgan fingerprint density at radius 2 is 0.615 bits per heavy atom. The molecule has 0 fully saturated rings. The topological polar surface area (TPSA) is 19.7 Å². The molecule has 1 rings (SSSR count). The number of rotatable bonds is 43. The summed E-state index contributed by atoms with van der Waals surface area (Å²) in [5, 5.41) is 0. The molecule has 2 atom stereocenters. The smallest absolute Gasteiger partial charge is 0.247 e. The largest absolute Gasteiger partial charge is 0.257 e. The number of hydrogen-bond donors (Lipinski definition) is 1. The Morgan fingerprint density at radius 3 is 0.904 bits per heavy atom. The van der Waals surface area contributed by atoms with Crippen LogP contribution in [0.1, 0.15) is 309 Å². The quantitative estimate of drug-likeness (QED) is 0.0510. The van der Waals surface area contributed by atoms with Gasteiger partial charge in [-0.2, -0.15) is 0 Å². The van der Waals surface area contributed by atoms with Gasteiger partial charge in [-0.1, -0.05) is 258 Å². The van der Waals surface area contributed by atoms with Crippen molar-refractivity contribution in [3.05, 3.63) is 18.2 Å². The molecule has 0 aromatic carbocycles. The van der Waals surface area contributed by atoms with E-state index in [9.17, 15) is 0 Å². The van der Waals surface area contributed by atoms with E-state index in [2.05, 4.69) is 49.6 Å². The third kappa shape index (κ3) is 30.5. The van der Waals surface area contributed by atoms with Gasteiger partial charge in [-0.05, 0) is 32.6 Å². The fourth-order valence-corrected chi connectivity index (χ4v) is 8.73. The van der Waals surface area contributed by atoms with Crippen molar-refractivity contribution in [2.45, 2.75) is 303 Å². The second kappa shape index (κ2) is 39.9. The lowest BCUT2D eigenvalue weighted by atomic mass is 9.92. The number of nitrogens with one attached hydrogen (secondary N) is 1. The molecule has 52 heavy (non-hydrogen) atoms. The molecule has 1 N–H and O–H groups in total. The first-order valence-electron chi connectivity index (χ1n) is 24.8. The summed E-state index contributed by atoms with van der Waals surface area (Å²) >= 11 is 0. The Kier molecular flexibility index (Phi) is 37.8. The number of hydrogen-bond acceptors (Lipinski definition) is 0. The summed E-state index contributed by atoms with van der Waals surface area (Å²) in [5.74, 6) is 2.25. The second-order valence-corrected chi connectivity index (χ2v) is 17.5. The summed E-state index contributed by atoms with van der Waals surface area (Å²) in [7, 11) is 0. The van der Waals surface area contributed by atoms with Gasteiger partial charge in [0, 0.05) is 0 Å². The Balaban J connectivity index is 2.37. The van der Waals surface area contributed by atoms with Crippen molar-refractivity contribution in [1.82, 2.24) is 4.98 Å². The van der Waals surface area contributed by atoms with Crippen molar-refractivity contribution < 1.29 is 4.57 Å². The van der Waals surface area contributed by atoms with Crippen LogP contribution >= 0.6 is 0 Å². The normalized spacial score (nSPS) is 12.9. The summed E-state index contributed by atoms with van der Waals surface area (Å²) in [5.41, 5.74) is 0. The molecular formula is C50H99N2+. The molecule has 308 valence electrons. The van der Waals surface area contributed by atoms with E-state index in [-0.39, 0.29) is 0 Å². The molecule has 1 aromatic heterocycles. The molecule has 2 nitrogen and oxygen atoms in total. The van der Waals surface area contributed by atoms with Crippen LogP contribution in [-0.4, -0.2) is 4.98 Å². The van der Waals surface area contributed by atoms with Crippen molar-refractivity contribution in [3.8, 4) is 0 Å². The molecule has 0 aliphatic heterocycles. The van der Waals surface area contributed by atoms with Crippen LogP contribution in [0, 0.1) is 0 Å². The van der Waals surface area contributed by atoms with Crippen molar-refractivity contribution >= 4 is 0 Å². The fraction of sp³-hybridized carbons (Fsp3) is 0.940. The molecule has 2 heteroatoms. The minimum Gasteiger partial charge on any atom is -0.247 e. The molecule has 1 heterocycles. The average Bonchev–Trinajstić information content (AvgIpc) is 3.65. The van der Waals surface area contributed by atoms with E-state index >= 15 is 0 Å². The predicted molar refractivity (Wildman–Crippen MR) is 235 cm³/mol. The molecule has 0 saturated carbocycles. The summed E-state index contributed by atoms with van der Waals surface area (Å²) in [4.78, 5) is 3.79. The number of unbranched alkanes of at least 4 members (excludes halogenated alkanes) is 35. The average molecular weight is 728 g/mol. The van der Waals surface area contributed by atoms with Crippen LogP contribution in [-0.2, 0) is 0 Å². The molecule has 2 unspecified atom stereocenters. The minimum absolute atomic E-state index is 0.616. The van der Waals surface area contributed by atoms with Crippen LogP contribution in [0.5, 0.6) is 0 Å². The zero-order valence-corrected chi connectivity index (χ0v) is 36.7. The van der Waals surface area contributed by atoms with Crippen molar-refractivity contribution in [1.29, 1.82) is 0 Å². The summed E-state index contributed by atoms with van der Waals surface area (Å²) in [6.45, 7) is 9.44. The van der Waals surface area contributed by atoms with Gasteiger partial charge >= 0.3 is 0 Å². The SMILES string of the molecule is CCCCCCCCCCCCCCCCC(CCCCCCCCCCCCCCC)c1[nH]cc[n+]1C(C)CCCCCCCCCCCCC. The van der Waals surface area contributed by atoms with Crippen molar-refractivity contribution in [2.24, 2.45) is 0 Å². The van der Waals surface area contributed by atoms with Crippen molar-refractivity contribution in [2.75, 3.05) is 0 Å². The van der Waals surface area contributed by atoms with E-state index in [1.54, 1.807) is 5.82 Å². The van der Waals surface area contributed by atoms with Gasteiger partial charge in [0.05, 0.1) is 12.0 Å². The second-order valence-electron chi connectivity index (χ2n) is 17.5. The summed E-state index contributed by atoms with van der Waals surface area (Å²) in [6.07, 6.45) is 63.6. The zero-order valence-electron chi connectivity index (χ0n) is 36.7. The Labute approximate surface area is 329 Å². The minimum atomic E-state index is 0.616. The first-order chi connectivity index (χ1) is 25.7. The first-order valence-corrected chi connectivity index (χ1v) is 24.8. The van der Waals surface area contributed by atoms with Gasteiger partial charge in [-0.3, -0.25) is 0 Å². The van der Waals surface area contributed by atoms with Gasteiger partial charge in [0.2, 0.25) is 0 Å². The van der Waals surface area contributed by atoms with Gasteiger partial charge < -0.3 is 0 Å². The van der Waals surface area contributed by atoms with E-state index in [0.717, 1.165) is 0 Å². The van der Waals surface area contributed by atoms with E-state index in [4.69, 9.17) is 0 Å². The van der Waals surface area contributed by atoms with Gasteiger partial charge in [0.1, 0.15) is 12.4 Å². The van der Waals surface area contributed by atoms with Crippen LogP contribution in [0.2, 0.25) is 0 Å². The lowest BCUT2D eigenvalue weighted by Crippen LogP contribution is -2.41. The molecule has 0 spiro atoms. The van der Waals surface area contributed by atoms with Gasteiger partial charge in [-0.15, -0.1) is 0 Å². The van der Waals surface area contributed by atoms with Crippen LogP contribution in [0.4, 0.5) is 0 Å². The van der Waals surface area contributed by atoms with E-state index < -0.39 is 0 Å². The Bertz CT molecular complexity index is 798. The lowest BCUT2D eigenvalue weighted by molar-refractivity contribution is -0.727. The molecule has 0 bridgehead atoms. The van der Waals surface area contributed by atoms with Crippen LogP contribution < -0.4 is 4.57 Å². The molecule has 0 radical (unpaired) electrons. The number of nitrogens with zero attached hydrogens (tertiary/aromatic N) is 1. The number of imidazole rings is 1. The molecule has 0 amide bonds. The van der Waals surface area contributed by atoms with Gasteiger partial charge in [0.15, 0.2) is 0 Å². The van der Waals surface area contributed by atoms with Crippen LogP contribution in [0.25, 0.3) is 0 Å². The lowest BCUT2D eigenvalue weighted by Gasteiger charge is -2.17. The van der Waals surface area contributed by atoms with Gasteiger partial charge in [-0.25, -0.2) is 9.55 Å². The third-order valence-electron chi connectivity index (χ3n) is 12.4.